The van der Waals surface area contributed by atoms with Crippen molar-refractivity contribution in [1.29, 1.82) is 0 Å². The van der Waals surface area contributed by atoms with Crippen LogP contribution in [0.25, 0.3) is 0 Å². The van der Waals surface area contributed by atoms with E-state index in [0.29, 0.717) is 11.1 Å². The van der Waals surface area contributed by atoms with Gasteiger partial charge in [-0.1, -0.05) is 19.3 Å². The van der Waals surface area contributed by atoms with E-state index in [2.05, 4.69) is 4.72 Å². The number of sulfonamides is 1. The molecule has 1 fully saturated rings. The first-order chi connectivity index (χ1) is 14.0. The summed E-state index contributed by atoms with van der Waals surface area (Å²) < 4.78 is 29.2. The van der Waals surface area contributed by atoms with Crippen LogP contribution < -0.4 is 10.2 Å². The lowest BCUT2D eigenvalue weighted by Gasteiger charge is -2.20. The topological polar surface area (TPSA) is 80.5 Å². The Bertz CT molecular complexity index is 1070. The number of rotatable bonds is 4. The fraction of sp³-hybridized carbons (Fsp3) is 0.478. The molecule has 0 amide bonds. The van der Waals surface area contributed by atoms with Crippen LogP contribution in [-0.2, 0) is 10.0 Å². The molecule has 30 heavy (non-hydrogen) atoms. The largest absolute Gasteiger partial charge is 0.268 e. The van der Waals surface area contributed by atoms with Gasteiger partial charge < -0.3 is 0 Å². The van der Waals surface area contributed by atoms with E-state index in [0.717, 1.165) is 18.4 Å². The van der Waals surface area contributed by atoms with E-state index in [9.17, 15) is 13.2 Å². The fourth-order valence-corrected chi connectivity index (χ4v) is 5.05. The van der Waals surface area contributed by atoms with Crippen molar-refractivity contribution < 1.29 is 13.2 Å². The smallest absolute Gasteiger partial charge is 0.263 e. The second-order valence-electron chi connectivity index (χ2n) is 9.04. The number of aromatic nitrogens is 1. The van der Waals surface area contributed by atoms with E-state index in [1.54, 1.807) is 43.7 Å². The first-order valence-electron chi connectivity index (χ1n) is 10.5. The molecule has 1 aliphatic rings. The quantitative estimate of drug-likeness (QED) is 0.803. The van der Waals surface area contributed by atoms with E-state index in [1.165, 1.54) is 31.4 Å². The molecule has 0 unspecified atom stereocenters. The summed E-state index contributed by atoms with van der Waals surface area (Å²) in [6, 6.07) is 10.1. The number of carbonyl (C=O) groups excluding carboxylic acids is 1. The van der Waals surface area contributed by atoms with Gasteiger partial charge in [0, 0.05) is 17.3 Å². The van der Waals surface area contributed by atoms with E-state index in [-0.39, 0.29) is 16.8 Å². The summed E-state index contributed by atoms with van der Waals surface area (Å²) >= 11 is 0. The standard InChI is InChI=1S/C23H31N3O3S/c1-17-14-15-26(21(16-17)24-19-8-6-5-7-9-19)22(27)18-10-12-20(13-11-18)30(28,29)25-23(2,3)4/h10-16,19,25H,5-9H2,1-4H3. The molecule has 1 aromatic carbocycles. The second kappa shape index (κ2) is 8.86. The Morgan fingerprint density at radius 2 is 1.70 bits per heavy atom. The van der Waals surface area contributed by atoms with Gasteiger partial charge in [0.1, 0.15) is 5.49 Å². The molecule has 1 aromatic heterocycles. The first kappa shape index (κ1) is 22.4. The molecule has 0 aliphatic heterocycles. The van der Waals surface area contributed by atoms with Gasteiger partial charge in [0.25, 0.3) is 5.91 Å². The van der Waals surface area contributed by atoms with Gasteiger partial charge in [0.15, 0.2) is 0 Å². The number of pyridine rings is 1. The highest BCUT2D eigenvalue weighted by molar-refractivity contribution is 7.89. The Hall–Kier alpha value is -2.25. The van der Waals surface area contributed by atoms with Crippen molar-refractivity contribution in [1.82, 2.24) is 9.29 Å². The van der Waals surface area contributed by atoms with Gasteiger partial charge >= 0.3 is 0 Å². The third-order valence-corrected chi connectivity index (χ3v) is 6.82. The molecule has 2 aromatic rings. The summed E-state index contributed by atoms with van der Waals surface area (Å²) in [5.41, 5.74) is 1.53. The van der Waals surface area contributed by atoms with Crippen molar-refractivity contribution in [2.45, 2.75) is 76.3 Å². The van der Waals surface area contributed by atoms with Crippen LogP contribution in [0.3, 0.4) is 0 Å². The van der Waals surface area contributed by atoms with Crippen LogP contribution in [0.1, 0.15) is 68.8 Å². The van der Waals surface area contributed by atoms with Crippen LogP contribution in [-0.4, -0.2) is 30.5 Å². The summed E-state index contributed by atoms with van der Waals surface area (Å²) in [7, 11) is -3.64. The number of hydrogen-bond acceptors (Lipinski definition) is 4. The zero-order valence-corrected chi connectivity index (χ0v) is 19.0. The summed E-state index contributed by atoms with van der Waals surface area (Å²) in [4.78, 5) is 18.1. The Kier molecular flexibility index (Phi) is 6.62. The van der Waals surface area contributed by atoms with Gasteiger partial charge in [0.05, 0.1) is 10.9 Å². The van der Waals surface area contributed by atoms with Gasteiger partial charge in [-0.25, -0.2) is 13.1 Å². The number of benzene rings is 1. The first-order valence-corrected chi connectivity index (χ1v) is 12.0. The zero-order valence-electron chi connectivity index (χ0n) is 18.2. The third-order valence-electron chi connectivity index (χ3n) is 5.05. The summed E-state index contributed by atoms with van der Waals surface area (Å²) in [5, 5.41) is 0. The highest BCUT2D eigenvalue weighted by atomic mass is 32.2. The maximum absolute atomic E-state index is 13.1. The molecule has 1 saturated carbocycles. The molecule has 1 N–H and O–H groups in total. The van der Waals surface area contributed by atoms with Crippen molar-refractivity contribution in [3.8, 4) is 0 Å². The van der Waals surface area contributed by atoms with E-state index >= 15 is 0 Å². The molecule has 3 rings (SSSR count). The minimum atomic E-state index is -3.64. The molecular formula is C23H31N3O3S. The van der Waals surface area contributed by atoms with E-state index in [1.807, 2.05) is 19.1 Å². The van der Waals surface area contributed by atoms with Gasteiger partial charge in [-0.3, -0.25) is 14.4 Å². The molecule has 0 radical (unpaired) electrons. The number of hydrogen-bond donors (Lipinski definition) is 1. The van der Waals surface area contributed by atoms with E-state index < -0.39 is 15.6 Å². The predicted octanol–water partition coefficient (Wildman–Crippen LogP) is 3.80. The van der Waals surface area contributed by atoms with Crippen molar-refractivity contribution in [3.63, 3.8) is 0 Å². The Morgan fingerprint density at radius 3 is 2.30 bits per heavy atom. The van der Waals surface area contributed by atoms with Crippen molar-refractivity contribution in [3.05, 3.63) is 59.2 Å². The predicted molar refractivity (Wildman–Crippen MR) is 118 cm³/mol. The molecule has 7 heteroatoms. The molecule has 1 aliphatic carbocycles. The average Bonchev–Trinajstić information content (AvgIpc) is 2.67. The van der Waals surface area contributed by atoms with Gasteiger partial charge in [-0.05, 0) is 82.5 Å². The van der Waals surface area contributed by atoms with Crippen LogP contribution >= 0.6 is 0 Å². The lowest BCUT2D eigenvalue weighted by molar-refractivity contribution is 0.0954. The summed E-state index contributed by atoms with van der Waals surface area (Å²) in [5.74, 6) is -0.225. The summed E-state index contributed by atoms with van der Waals surface area (Å²) in [6.45, 7) is 7.34. The normalized spacial score (nSPS) is 16.6. The van der Waals surface area contributed by atoms with Gasteiger partial charge in [-0.15, -0.1) is 0 Å². The Morgan fingerprint density at radius 1 is 1.07 bits per heavy atom. The molecule has 0 atom stereocenters. The summed E-state index contributed by atoms with van der Waals surface area (Å²) in [6.07, 6.45) is 7.44. The molecular weight excluding hydrogens is 398 g/mol. The van der Waals surface area contributed by atoms with Crippen molar-refractivity contribution in [2.75, 3.05) is 0 Å². The minimum absolute atomic E-state index is 0.134. The van der Waals surface area contributed by atoms with Crippen LogP contribution in [0.15, 0.2) is 52.5 Å². The lowest BCUT2D eigenvalue weighted by atomic mass is 9.96. The van der Waals surface area contributed by atoms with Crippen molar-refractivity contribution in [2.24, 2.45) is 4.99 Å². The maximum Gasteiger partial charge on any atom is 0.263 e. The molecule has 0 spiro atoms. The van der Waals surface area contributed by atoms with Crippen LogP contribution in [0.2, 0.25) is 0 Å². The number of aryl methyl sites for hydroxylation is 1. The zero-order chi connectivity index (χ0) is 21.9. The number of carbonyl (C=O) groups is 1. The lowest BCUT2D eigenvalue weighted by Crippen LogP contribution is -2.40. The van der Waals surface area contributed by atoms with Gasteiger partial charge in [0.2, 0.25) is 10.0 Å². The molecule has 1 heterocycles. The number of nitrogens with zero attached hydrogens (tertiary/aromatic N) is 2. The highest BCUT2D eigenvalue weighted by Gasteiger charge is 2.22. The number of nitrogens with one attached hydrogen (secondary N) is 1. The molecule has 0 saturated heterocycles. The van der Waals surface area contributed by atoms with Crippen LogP contribution in [0, 0.1) is 6.92 Å². The monoisotopic (exact) mass is 429 g/mol. The maximum atomic E-state index is 13.1. The molecule has 162 valence electrons. The van der Waals surface area contributed by atoms with Crippen LogP contribution in [0.4, 0.5) is 0 Å². The molecule has 6 nitrogen and oxygen atoms in total. The fourth-order valence-electron chi connectivity index (χ4n) is 3.64. The van der Waals surface area contributed by atoms with Gasteiger partial charge in [-0.2, -0.15) is 0 Å². The minimum Gasteiger partial charge on any atom is -0.268 e. The Labute approximate surface area is 179 Å². The highest BCUT2D eigenvalue weighted by Crippen LogP contribution is 2.20. The SMILES string of the molecule is Cc1ccn(C(=O)c2ccc(S(=O)(=O)NC(C)(C)C)cc2)c(=NC2CCCCC2)c1. The van der Waals surface area contributed by atoms with Crippen molar-refractivity contribution >= 4 is 15.9 Å². The third kappa shape index (κ3) is 5.67. The molecule has 0 bridgehead atoms. The van der Waals surface area contributed by atoms with E-state index in [4.69, 9.17) is 4.99 Å². The second-order valence-corrected chi connectivity index (χ2v) is 10.7. The average molecular weight is 430 g/mol. The van der Waals surface area contributed by atoms with Crippen LogP contribution in [0.5, 0.6) is 0 Å². The Balaban J connectivity index is 1.91.